The van der Waals surface area contributed by atoms with Gasteiger partial charge in [0.05, 0.1) is 12.1 Å². The van der Waals surface area contributed by atoms with Crippen LogP contribution in [0.15, 0.2) is 30.3 Å². The van der Waals surface area contributed by atoms with E-state index in [1.165, 1.54) is 0 Å². The standard InChI is InChI=1S/C13H18N2O4/c16-7-8-6-10(12(18)11(8)17)15-13(19)14-9-4-2-1-3-5-9/h1-5,8,10-12,16-18H,6-7H2,(H2,14,15,19). The summed E-state index contributed by atoms with van der Waals surface area (Å²) in [6, 6.07) is 7.92. The van der Waals surface area contributed by atoms with Gasteiger partial charge in [0, 0.05) is 18.2 Å². The first-order valence-electron chi connectivity index (χ1n) is 6.21. The Labute approximate surface area is 111 Å². The molecule has 0 saturated heterocycles. The first-order chi connectivity index (χ1) is 9.11. The van der Waals surface area contributed by atoms with Gasteiger partial charge >= 0.3 is 6.03 Å². The number of benzene rings is 1. The first kappa shape index (κ1) is 13.8. The van der Waals surface area contributed by atoms with Crippen molar-refractivity contribution in [1.82, 2.24) is 5.32 Å². The van der Waals surface area contributed by atoms with Gasteiger partial charge in [-0.15, -0.1) is 0 Å². The topological polar surface area (TPSA) is 102 Å². The van der Waals surface area contributed by atoms with Gasteiger partial charge in [0.2, 0.25) is 0 Å². The summed E-state index contributed by atoms with van der Waals surface area (Å²) in [5.41, 5.74) is 0.645. The van der Waals surface area contributed by atoms with Crippen LogP contribution in [0.4, 0.5) is 10.5 Å². The van der Waals surface area contributed by atoms with Gasteiger partial charge in [-0.1, -0.05) is 18.2 Å². The molecule has 1 fully saturated rings. The number of hydrogen-bond donors (Lipinski definition) is 5. The molecular formula is C13H18N2O4. The second-order valence-corrected chi connectivity index (χ2v) is 4.73. The summed E-state index contributed by atoms with van der Waals surface area (Å²) in [6.07, 6.45) is -1.72. The third-order valence-corrected chi connectivity index (χ3v) is 3.38. The molecule has 0 heterocycles. The number of urea groups is 1. The van der Waals surface area contributed by atoms with Crippen LogP contribution in [0.2, 0.25) is 0 Å². The molecule has 1 aromatic rings. The Hall–Kier alpha value is -1.63. The highest BCUT2D eigenvalue weighted by atomic mass is 16.3. The van der Waals surface area contributed by atoms with Crippen LogP contribution in [0.3, 0.4) is 0 Å². The zero-order valence-electron chi connectivity index (χ0n) is 10.4. The van der Waals surface area contributed by atoms with Crippen LogP contribution in [-0.4, -0.2) is 46.2 Å². The molecule has 1 saturated carbocycles. The lowest BCUT2D eigenvalue weighted by molar-refractivity contribution is 0.000965. The van der Waals surface area contributed by atoms with Crippen LogP contribution >= 0.6 is 0 Å². The Kier molecular flexibility index (Phi) is 4.36. The van der Waals surface area contributed by atoms with E-state index in [9.17, 15) is 15.0 Å². The van der Waals surface area contributed by atoms with Gasteiger partial charge in [-0.25, -0.2) is 4.79 Å². The molecule has 4 atom stereocenters. The minimum Gasteiger partial charge on any atom is -0.396 e. The van der Waals surface area contributed by atoms with Gasteiger partial charge in [-0.05, 0) is 18.6 Å². The molecule has 4 unspecified atom stereocenters. The number of anilines is 1. The number of aliphatic hydroxyl groups is 3. The van der Waals surface area contributed by atoms with Gasteiger partial charge < -0.3 is 26.0 Å². The zero-order chi connectivity index (χ0) is 13.8. The fourth-order valence-electron chi connectivity index (χ4n) is 2.31. The second kappa shape index (κ2) is 6.01. The number of aliphatic hydroxyl groups excluding tert-OH is 3. The lowest BCUT2D eigenvalue weighted by Gasteiger charge is -2.18. The van der Waals surface area contributed by atoms with E-state index in [0.717, 1.165) is 0 Å². The lowest BCUT2D eigenvalue weighted by atomic mass is 10.1. The highest BCUT2D eigenvalue weighted by molar-refractivity contribution is 5.89. The molecule has 0 spiro atoms. The van der Waals surface area contributed by atoms with Crippen molar-refractivity contribution in [3.63, 3.8) is 0 Å². The summed E-state index contributed by atoms with van der Waals surface area (Å²) in [4.78, 5) is 11.7. The maximum absolute atomic E-state index is 11.7. The number of nitrogens with one attached hydrogen (secondary N) is 2. The molecule has 1 aromatic carbocycles. The van der Waals surface area contributed by atoms with E-state index in [0.29, 0.717) is 12.1 Å². The van der Waals surface area contributed by atoms with E-state index < -0.39 is 30.2 Å². The quantitative estimate of drug-likeness (QED) is 0.527. The van der Waals surface area contributed by atoms with Gasteiger partial charge in [0.1, 0.15) is 6.10 Å². The van der Waals surface area contributed by atoms with E-state index >= 15 is 0 Å². The summed E-state index contributed by atoms with van der Waals surface area (Å²) in [6.45, 7) is -0.212. The van der Waals surface area contributed by atoms with Gasteiger partial charge in [-0.3, -0.25) is 0 Å². The fourth-order valence-corrected chi connectivity index (χ4v) is 2.31. The smallest absolute Gasteiger partial charge is 0.319 e. The number of amides is 2. The summed E-state index contributed by atoms with van der Waals surface area (Å²) in [5, 5.41) is 33.7. The highest BCUT2D eigenvalue weighted by Gasteiger charge is 2.41. The number of carbonyl (C=O) groups is 1. The summed E-state index contributed by atoms with van der Waals surface area (Å²) < 4.78 is 0. The highest BCUT2D eigenvalue weighted by Crippen LogP contribution is 2.26. The summed E-state index contributed by atoms with van der Waals surface area (Å²) in [5.74, 6) is -0.406. The summed E-state index contributed by atoms with van der Waals surface area (Å²) in [7, 11) is 0. The van der Waals surface area contributed by atoms with Gasteiger partial charge in [0.25, 0.3) is 0 Å². The van der Waals surface area contributed by atoms with E-state index in [2.05, 4.69) is 10.6 Å². The number of rotatable bonds is 3. The number of carbonyl (C=O) groups excluding carboxylic acids is 1. The molecule has 0 bridgehead atoms. The van der Waals surface area contributed by atoms with Crippen LogP contribution in [0, 0.1) is 5.92 Å². The van der Waals surface area contributed by atoms with Crippen molar-refractivity contribution in [2.24, 2.45) is 5.92 Å². The SMILES string of the molecule is O=C(Nc1ccccc1)NC1CC(CO)C(O)C1O. The number of hydrogen-bond acceptors (Lipinski definition) is 4. The Balaban J connectivity index is 1.89. The van der Waals surface area contributed by atoms with Crippen molar-refractivity contribution in [2.75, 3.05) is 11.9 Å². The minimum atomic E-state index is -1.06. The second-order valence-electron chi connectivity index (χ2n) is 4.73. The molecular weight excluding hydrogens is 248 g/mol. The van der Waals surface area contributed by atoms with E-state index in [4.69, 9.17) is 5.11 Å². The largest absolute Gasteiger partial charge is 0.396 e. The third kappa shape index (κ3) is 3.23. The van der Waals surface area contributed by atoms with Crippen LogP contribution < -0.4 is 10.6 Å². The van der Waals surface area contributed by atoms with Crippen molar-refractivity contribution >= 4 is 11.7 Å². The first-order valence-corrected chi connectivity index (χ1v) is 6.21. The molecule has 0 aliphatic heterocycles. The maximum Gasteiger partial charge on any atom is 0.319 e. The van der Waals surface area contributed by atoms with Gasteiger partial charge in [-0.2, -0.15) is 0 Å². The average Bonchev–Trinajstić information content (AvgIpc) is 2.67. The monoisotopic (exact) mass is 266 g/mol. The fraction of sp³-hybridized carbons (Fsp3) is 0.462. The Bertz CT molecular complexity index is 426. The Morgan fingerprint density at radius 3 is 2.47 bits per heavy atom. The molecule has 0 radical (unpaired) electrons. The van der Waals surface area contributed by atoms with Crippen molar-refractivity contribution in [2.45, 2.75) is 24.7 Å². The van der Waals surface area contributed by atoms with E-state index in [-0.39, 0.29) is 6.61 Å². The molecule has 2 amide bonds. The molecule has 1 aliphatic rings. The van der Waals surface area contributed by atoms with Crippen molar-refractivity contribution < 1.29 is 20.1 Å². The van der Waals surface area contributed by atoms with E-state index in [1.54, 1.807) is 24.3 Å². The van der Waals surface area contributed by atoms with Crippen LogP contribution in [0.25, 0.3) is 0 Å². The Morgan fingerprint density at radius 2 is 1.89 bits per heavy atom. The zero-order valence-corrected chi connectivity index (χ0v) is 10.4. The van der Waals surface area contributed by atoms with Crippen LogP contribution in [-0.2, 0) is 0 Å². The van der Waals surface area contributed by atoms with E-state index in [1.807, 2.05) is 6.07 Å². The normalized spacial score (nSPS) is 30.1. The van der Waals surface area contributed by atoms with Gasteiger partial charge in [0.15, 0.2) is 0 Å². The predicted octanol–water partition coefficient (Wildman–Crippen LogP) is -0.0893. The predicted molar refractivity (Wildman–Crippen MR) is 69.6 cm³/mol. The molecule has 1 aliphatic carbocycles. The molecule has 0 aromatic heterocycles. The molecule has 6 nitrogen and oxygen atoms in total. The Morgan fingerprint density at radius 1 is 1.21 bits per heavy atom. The third-order valence-electron chi connectivity index (χ3n) is 3.38. The maximum atomic E-state index is 11.7. The minimum absolute atomic E-state index is 0.212. The average molecular weight is 266 g/mol. The van der Waals surface area contributed by atoms with Crippen LogP contribution in [0.1, 0.15) is 6.42 Å². The summed E-state index contributed by atoms with van der Waals surface area (Å²) >= 11 is 0. The molecule has 19 heavy (non-hydrogen) atoms. The lowest BCUT2D eigenvalue weighted by Crippen LogP contribution is -2.44. The number of para-hydroxylation sites is 1. The molecule has 6 heteroatoms. The molecule has 104 valence electrons. The molecule has 5 N–H and O–H groups in total. The van der Waals surface area contributed by atoms with Crippen molar-refractivity contribution in [3.05, 3.63) is 30.3 Å². The van der Waals surface area contributed by atoms with Crippen molar-refractivity contribution in [3.8, 4) is 0 Å². The van der Waals surface area contributed by atoms with Crippen molar-refractivity contribution in [1.29, 1.82) is 0 Å². The van der Waals surface area contributed by atoms with Crippen LogP contribution in [0.5, 0.6) is 0 Å². The molecule has 2 rings (SSSR count).